The Morgan fingerprint density at radius 1 is 1.18 bits per heavy atom. The highest BCUT2D eigenvalue weighted by molar-refractivity contribution is 7.89. The van der Waals surface area contributed by atoms with Crippen molar-refractivity contribution in [3.8, 4) is 0 Å². The first-order chi connectivity index (χ1) is 10.4. The van der Waals surface area contributed by atoms with Gasteiger partial charge < -0.3 is 10.0 Å². The number of sulfonamides is 1. The van der Waals surface area contributed by atoms with E-state index in [-0.39, 0.29) is 4.90 Å². The largest absolute Gasteiger partial charge is 0.387 e. The lowest BCUT2D eigenvalue weighted by Gasteiger charge is -2.23. The van der Waals surface area contributed by atoms with Crippen molar-refractivity contribution in [3.05, 3.63) is 59.7 Å². The standard InChI is InChI=1S/C16H18N2O3S/c17-22(20,21)14-7-6-12-8-9-18(15(12)10-14)11-16(19)13-4-2-1-3-5-13/h1-7,10,16,19H,8-9,11H2,(H2,17,20,21)/t16-/m1/s1. The summed E-state index contributed by atoms with van der Waals surface area (Å²) in [6.45, 7) is 1.18. The summed E-state index contributed by atoms with van der Waals surface area (Å²) in [5.74, 6) is 0. The monoisotopic (exact) mass is 318 g/mol. The van der Waals surface area contributed by atoms with Gasteiger partial charge >= 0.3 is 0 Å². The number of anilines is 1. The zero-order chi connectivity index (χ0) is 15.7. The zero-order valence-electron chi connectivity index (χ0n) is 12.0. The zero-order valence-corrected chi connectivity index (χ0v) is 12.8. The first kappa shape index (κ1) is 15.0. The molecule has 0 fully saturated rings. The number of benzene rings is 2. The van der Waals surface area contributed by atoms with E-state index in [4.69, 9.17) is 5.14 Å². The third-order valence-corrected chi connectivity index (χ3v) is 4.87. The van der Waals surface area contributed by atoms with Gasteiger partial charge in [-0.05, 0) is 29.7 Å². The van der Waals surface area contributed by atoms with Crippen LogP contribution in [0.15, 0.2) is 53.4 Å². The molecule has 1 heterocycles. The SMILES string of the molecule is NS(=O)(=O)c1ccc2c(c1)N(C[C@@H](O)c1ccccc1)CC2. The van der Waals surface area contributed by atoms with E-state index in [0.29, 0.717) is 6.54 Å². The summed E-state index contributed by atoms with van der Waals surface area (Å²) in [5, 5.41) is 15.5. The van der Waals surface area contributed by atoms with Crippen LogP contribution >= 0.6 is 0 Å². The van der Waals surface area contributed by atoms with Crippen LogP contribution in [0, 0.1) is 0 Å². The molecule has 0 radical (unpaired) electrons. The van der Waals surface area contributed by atoms with Crippen LogP contribution in [0.25, 0.3) is 0 Å². The second-order valence-electron chi connectivity index (χ2n) is 5.46. The fraction of sp³-hybridized carbons (Fsp3) is 0.250. The average molecular weight is 318 g/mol. The topological polar surface area (TPSA) is 83.6 Å². The van der Waals surface area contributed by atoms with Crippen LogP contribution in [-0.2, 0) is 16.4 Å². The highest BCUT2D eigenvalue weighted by atomic mass is 32.2. The van der Waals surface area contributed by atoms with E-state index >= 15 is 0 Å². The van der Waals surface area contributed by atoms with Gasteiger partial charge in [-0.1, -0.05) is 36.4 Å². The lowest BCUT2D eigenvalue weighted by atomic mass is 10.1. The van der Waals surface area contributed by atoms with Crippen molar-refractivity contribution in [2.75, 3.05) is 18.0 Å². The number of aliphatic hydroxyl groups is 1. The number of aliphatic hydroxyl groups excluding tert-OH is 1. The first-order valence-corrected chi connectivity index (χ1v) is 8.63. The molecule has 0 bridgehead atoms. The molecular formula is C16H18N2O3S. The van der Waals surface area contributed by atoms with E-state index in [2.05, 4.69) is 0 Å². The van der Waals surface area contributed by atoms with E-state index < -0.39 is 16.1 Å². The van der Waals surface area contributed by atoms with E-state index in [1.54, 1.807) is 12.1 Å². The number of β-amino-alcohol motifs (C(OH)–C–C–N with tert-alkyl or cyclic N) is 1. The number of primary sulfonamides is 1. The second kappa shape index (κ2) is 5.72. The lowest BCUT2D eigenvalue weighted by Crippen LogP contribution is -2.26. The summed E-state index contributed by atoms with van der Waals surface area (Å²) in [6.07, 6.45) is 0.215. The van der Waals surface area contributed by atoms with Crippen molar-refractivity contribution >= 4 is 15.7 Å². The highest BCUT2D eigenvalue weighted by Gasteiger charge is 2.23. The van der Waals surface area contributed by atoms with Gasteiger partial charge in [-0.15, -0.1) is 0 Å². The molecule has 0 saturated heterocycles. The Kier molecular flexibility index (Phi) is 3.90. The quantitative estimate of drug-likeness (QED) is 0.893. The first-order valence-electron chi connectivity index (χ1n) is 7.09. The van der Waals surface area contributed by atoms with Gasteiger partial charge in [0.25, 0.3) is 0 Å². The molecule has 6 heteroatoms. The van der Waals surface area contributed by atoms with Gasteiger partial charge in [-0.3, -0.25) is 0 Å². The number of hydrogen-bond donors (Lipinski definition) is 2. The number of hydrogen-bond acceptors (Lipinski definition) is 4. The summed E-state index contributed by atoms with van der Waals surface area (Å²) in [7, 11) is -3.72. The summed E-state index contributed by atoms with van der Waals surface area (Å²) in [6, 6.07) is 14.3. The normalized spacial score (nSPS) is 15.6. The number of rotatable bonds is 4. The van der Waals surface area contributed by atoms with Crippen LogP contribution in [0.1, 0.15) is 17.2 Å². The van der Waals surface area contributed by atoms with Gasteiger partial charge in [0, 0.05) is 18.8 Å². The summed E-state index contributed by atoms with van der Waals surface area (Å²) < 4.78 is 23.0. The Bertz CT molecular complexity index is 775. The molecule has 0 unspecified atom stereocenters. The molecule has 0 aliphatic carbocycles. The van der Waals surface area contributed by atoms with E-state index in [9.17, 15) is 13.5 Å². The van der Waals surface area contributed by atoms with Gasteiger partial charge in [-0.25, -0.2) is 13.6 Å². The number of nitrogens with zero attached hydrogens (tertiary/aromatic N) is 1. The molecule has 3 rings (SSSR count). The summed E-state index contributed by atoms with van der Waals surface area (Å²) >= 11 is 0. The Labute approximate surface area is 130 Å². The molecule has 2 aromatic carbocycles. The molecule has 1 aliphatic rings. The molecule has 5 nitrogen and oxygen atoms in total. The molecule has 0 spiro atoms. The second-order valence-corrected chi connectivity index (χ2v) is 7.02. The van der Waals surface area contributed by atoms with Gasteiger partial charge in [-0.2, -0.15) is 0 Å². The summed E-state index contributed by atoms with van der Waals surface area (Å²) in [4.78, 5) is 2.11. The third kappa shape index (κ3) is 2.99. The van der Waals surface area contributed by atoms with Crippen molar-refractivity contribution in [2.45, 2.75) is 17.4 Å². The Morgan fingerprint density at radius 3 is 2.59 bits per heavy atom. The van der Waals surface area contributed by atoms with Gasteiger partial charge in [0.15, 0.2) is 0 Å². The van der Waals surface area contributed by atoms with E-state index in [1.165, 1.54) is 6.07 Å². The predicted octanol–water partition coefficient (Wildman–Crippen LogP) is 1.43. The van der Waals surface area contributed by atoms with Crippen molar-refractivity contribution in [3.63, 3.8) is 0 Å². The Morgan fingerprint density at radius 2 is 1.91 bits per heavy atom. The molecule has 0 saturated carbocycles. The third-order valence-electron chi connectivity index (χ3n) is 3.95. The van der Waals surface area contributed by atoms with Crippen molar-refractivity contribution in [1.29, 1.82) is 0 Å². The van der Waals surface area contributed by atoms with Crippen LogP contribution in [0.5, 0.6) is 0 Å². The molecule has 22 heavy (non-hydrogen) atoms. The molecule has 3 N–H and O–H groups in total. The maximum absolute atomic E-state index is 11.5. The minimum atomic E-state index is -3.72. The average Bonchev–Trinajstić information content (AvgIpc) is 2.89. The molecule has 0 amide bonds. The fourth-order valence-electron chi connectivity index (χ4n) is 2.78. The van der Waals surface area contributed by atoms with Gasteiger partial charge in [0.05, 0.1) is 11.0 Å². The minimum absolute atomic E-state index is 0.104. The molecule has 1 aliphatic heterocycles. The molecule has 2 aromatic rings. The molecule has 1 atom stereocenters. The minimum Gasteiger partial charge on any atom is -0.387 e. The predicted molar refractivity (Wildman–Crippen MR) is 85.1 cm³/mol. The van der Waals surface area contributed by atoms with Crippen molar-refractivity contribution in [1.82, 2.24) is 0 Å². The molecule has 116 valence electrons. The van der Waals surface area contributed by atoms with Crippen LogP contribution in [0.3, 0.4) is 0 Å². The molecule has 0 aromatic heterocycles. The van der Waals surface area contributed by atoms with Crippen LogP contribution < -0.4 is 10.0 Å². The number of fused-ring (bicyclic) bond motifs is 1. The maximum atomic E-state index is 11.5. The molecular weight excluding hydrogens is 300 g/mol. The Hall–Kier alpha value is -1.89. The van der Waals surface area contributed by atoms with E-state index in [0.717, 1.165) is 29.8 Å². The Balaban J connectivity index is 1.85. The van der Waals surface area contributed by atoms with Crippen LogP contribution in [0.4, 0.5) is 5.69 Å². The number of nitrogens with two attached hydrogens (primary N) is 1. The fourth-order valence-corrected chi connectivity index (χ4v) is 3.31. The van der Waals surface area contributed by atoms with Crippen LogP contribution in [0.2, 0.25) is 0 Å². The summed E-state index contributed by atoms with van der Waals surface area (Å²) in [5.41, 5.74) is 2.76. The highest BCUT2D eigenvalue weighted by Crippen LogP contribution is 2.31. The van der Waals surface area contributed by atoms with Crippen LogP contribution in [-0.4, -0.2) is 26.6 Å². The van der Waals surface area contributed by atoms with E-state index in [1.807, 2.05) is 35.2 Å². The lowest BCUT2D eigenvalue weighted by molar-refractivity contribution is 0.184. The van der Waals surface area contributed by atoms with Crippen molar-refractivity contribution in [2.24, 2.45) is 5.14 Å². The van der Waals surface area contributed by atoms with Gasteiger partial charge in [0.2, 0.25) is 10.0 Å². The maximum Gasteiger partial charge on any atom is 0.238 e. The van der Waals surface area contributed by atoms with Crippen molar-refractivity contribution < 1.29 is 13.5 Å². The van der Waals surface area contributed by atoms with Gasteiger partial charge in [0.1, 0.15) is 0 Å². The smallest absolute Gasteiger partial charge is 0.238 e.